The fourth-order valence-corrected chi connectivity index (χ4v) is 0.407. The first-order valence-corrected chi connectivity index (χ1v) is 2.39. The van der Waals surface area contributed by atoms with Gasteiger partial charge in [0.05, 0.1) is 0 Å². The average molecular weight is 103 g/mol. The Morgan fingerprint density at radius 3 is 2.17 bits per heavy atom. The summed E-state index contributed by atoms with van der Waals surface area (Å²) in [6.45, 7) is 1.99. The van der Waals surface area contributed by atoms with Gasteiger partial charge in [0.2, 0.25) is 0 Å². The van der Waals surface area contributed by atoms with E-state index in [-0.39, 0.29) is 0 Å². The summed E-state index contributed by atoms with van der Waals surface area (Å²) >= 11 is 0. The van der Waals surface area contributed by atoms with Crippen molar-refractivity contribution in [3.05, 3.63) is 12.3 Å². The molecule has 0 aromatic rings. The van der Waals surface area contributed by atoms with Gasteiger partial charge in [-0.1, -0.05) is 6.08 Å². The molecule has 0 bridgehead atoms. The van der Waals surface area contributed by atoms with Gasteiger partial charge in [-0.2, -0.15) is 0 Å². The molecule has 1 unspecified atom stereocenters. The van der Waals surface area contributed by atoms with Crippen molar-refractivity contribution in [1.29, 1.82) is 0 Å². The first-order chi connectivity index (χ1) is 2.77. The predicted octanol–water partition coefficient (Wildman–Crippen LogP) is 1.24. The van der Waals surface area contributed by atoms with Crippen LogP contribution >= 0.6 is 9.39 Å². The molecule has 0 saturated heterocycles. The van der Waals surface area contributed by atoms with Gasteiger partial charge in [0.25, 0.3) is 0 Å². The zero-order chi connectivity index (χ0) is 4.99. The van der Waals surface area contributed by atoms with Crippen LogP contribution < -0.4 is 0 Å². The van der Waals surface area contributed by atoms with Gasteiger partial charge < -0.3 is 4.67 Å². The van der Waals surface area contributed by atoms with Crippen molar-refractivity contribution in [1.82, 2.24) is 4.67 Å². The molecule has 0 aliphatic rings. The van der Waals surface area contributed by atoms with Crippen LogP contribution in [0.1, 0.15) is 6.92 Å². The summed E-state index contributed by atoms with van der Waals surface area (Å²) in [6, 6.07) is 0. The van der Waals surface area contributed by atoms with Crippen molar-refractivity contribution < 1.29 is 0 Å². The smallest absolute Gasteiger partial charge is 0.00926 e. The molecule has 36 valence electrons. The minimum atomic E-state index is 1.92. The van der Waals surface area contributed by atoms with Crippen molar-refractivity contribution in [2.45, 2.75) is 6.92 Å². The molecule has 0 amide bonds. The van der Waals surface area contributed by atoms with E-state index in [4.69, 9.17) is 0 Å². The van der Waals surface area contributed by atoms with Crippen LogP contribution in [-0.2, 0) is 0 Å². The van der Waals surface area contributed by atoms with Gasteiger partial charge in [0, 0.05) is 7.05 Å². The molecule has 0 aliphatic heterocycles. The van der Waals surface area contributed by atoms with E-state index < -0.39 is 0 Å². The molecule has 0 aliphatic carbocycles. The molecule has 0 radical (unpaired) electrons. The van der Waals surface area contributed by atoms with Crippen molar-refractivity contribution in [2.24, 2.45) is 0 Å². The second-order valence-electron chi connectivity index (χ2n) is 1.15. The van der Waals surface area contributed by atoms with Gasteiger partial charge in [0.15, 0.2) is 0 Å². The van der Waals surface area contributed by atoms with E-state index >= 15 is 0 Å². The van der Waals surface area contributed by atoms with Crippen LogP contribution in [-0.4, -0.2) is 11.7 Å². The molecule has 0 aromatic heterocycles. The Kier molecular flexibility index (Phi) is 3.16. The molecule has 0 fully saturated rings. The molecule has 0 N–H and O–H groups in total. The lowest BCUT2D eigenvalue weighted by atomic mass is 10.7. The maximum Gasteiger partial charge on any atom is 0.00926 e. The Morgan fingerprint density at radius 1 is 1.67 bits per heavy atom. The van der Waals surface area contributed by atoms with E-state index in [2.05, 4.69) is 9.39 Å². The lowest BCUT2D eigenvalue weighted by molar-refractivity contribution is 0.773. The molecule has 1 atom stereocenters. The molecule has 0 aromatic carbocycles. The largest absolute Gasteiger partial charge is 0.365 e. The summed E-state index contributed by atoms with van der Waals surface area (Å²) in [4.78, 5) is 0. The Labute approximate surface area is 41.3 Å². The number of allylic oxidation sites excluding steroid dienone is 1. The van der Waals surface area contributed by atoms with Crippen LogP contribution in [0.4, 0.5) is 0 Å². The minimum absolute atomic E-state index is 1.92. The maximum absolute atomic E-state index is 2.52. The van der Waals surface area contributed by atoms with Crippen molar-refractivity contribution in [3.8, 4) is 0 Å². The molecular formula is C4H10NP. The minimum Gasteiger partial charge on any atom is -0.365 e. The summed E-state index contributed by atoms with van der Waals surface area (Å²) < 4.78 is 1.92. The quantitative estimate of drug-likeness (QED) is 0.451. The molecular weight excluding hydrogens is 93.0 g/mol. The first-order valence-electron chi connectivity index (χ1n) is 1.87. The lowest BCUT2D eigenvalue weighted by Crippen LogP contribution is -1.87. The van der Waals surface area contributed by atoms with Crippen LogP contribution in [0.5, 0.6) is 0 Å². The van der Waals surface area contributed by atoms with Crippen LogP contribution in [0.2, 0.25) is 0 Å². The van der Waals surface area contributed by atoms with Gasteiger partial charge in [-0.3, -0.25) is 0 Å². The molecule has 6 heavy (non-hydrogen) atoms. The maximum atomic E-state index is 2.52. The summed E-state index contributed by atoms with van der Waals surface area (Å²) in [5, 5.41) is 0. The van der Waals surface area contributed by atoms with Crippen molar-refractivity contribution >= 4 is 9.39 Å². The van der Waals surface area contributed by atoms with Crippen molar-refractivity contribution in [2.75, 3.05) is 7.05 Å². The SMILES string of the molecule is CC=CN(C)P. The standard InChI is InChI=1S/C4H10NP/c1-3-4-5(2)6/h3-4H,6H2,1-2H3. The third-order valence-corrected chi connectivity index (χ3v) is 0.556. The highest BCUT2D eigenvalue weighted by molar-refractivity contribution is 7.13. The van der Waals surface area contributed by atoms with E-state index in [9.17, 15) is 0 Å². The highest BCUT2D eigenvalue weighted by Gasteiger charge is 1.66. The highest BCUT2D eigenvalue weighted by Crippen LogP contribution is 1.89. The lowest BCUT2D eigenvalue weighted by Gasteiger charge is -1.99. The monoisotopic (exact) mass is 103 g/mol. The van der Waals surface area contributed by atoms with Crippen LogP contribution in [0.25, 0.3) is 0 Å². The third kappa shape index (κ3) is 3.97. The molecule has 0 rings (SSSR count). The normalized spacial score (nSPS) is 9.83. The van der Waals surface area contributed by atoms with E-state index in [0.717, 1.165) is 0 Å². The Balaban J connectivity index is 3.03. The summed E-state index contributed by atoms with van der Waals surface area (Å²) in [5.41, 5.74) is 0. The predicted molar refractivity (Wildman–Crippen MR) is 32.3 cm³/mol. The molecule has 1 nitrogen and oxygen atoms in total. The number of rotatable bonds is 1. The van der Waals surface area contributed by atoms with E-state index in [1.54, 1.807) is 0 Å². The van der Waals surface area contributed by atoms with Crippen LogP contribution in [0.3, 0.4) is 0 Å². The Hall–Kier alpha value is -0.0300. The number of hydrogen-bond acceptors (Lipinski definition) is 1. The zero-order valence-electron chi connectivity index (χ0n) is 4.18. The van der Waals surface area contributed by atoms with E-state index in [0.29, 0.717) is 0 Å². The highest BCUT2D eigenvalue weighted by atomic mass is 31.0. The Morgan fingerprint density at radius 2 is 2.17 bits per heavy atom. The number of hydrogen-bond donors (Lipinski definition) is 0. The second-order valence-corrected chi connectivity index (χ2v) is 1.96. The van der Waals surface area contributed by atoms with Crippen LogP contribution in [0, 0.1) is 0 Å². The summed E-state index contributed by atoms with van der Waals surface area (Å²) in [5.74, 6) is 0. The zero-order valence-corrected chi connectivity index (χ0v) is 5.33. The van der Waals surface area contributed by atoms with Crippen molar-refractivity contribution in [3.63, 3.8) is 0 Å². The second kappa shape index (κ2) is 3.17. The van der Waals surface area contributed by atoms with Gasteiger partial charge >= 0.3 is 0 Å². The molecule has 0 heterocycles. The first kappa shape index (κ1) is 5.97. The molecule has 0 saturated carbocycles. The summed E-state index contributed by atoms with van der Waals surface area (Å²) in [7, 11) is 4.49. The van der Waals surface area contributed by atoms with Gasteiger partial charge in [-0.15, -0.1) is 0 Å². The van der Waals surface area contributed by atoms with Crippen LogP contribution in [0.15, 0.2) is 12.3 Å². The average Bonchev–Trinajstić information content (AvgIpc) is 1.35. The Bertz CT molecular complexity index is 49.5. The fourth-order valence-electron chi connectivity index (χ4n) is 0.235. The van der Waals surface area contributed by atoms with E-state index in [1.165, 1.54) is 0 Å². The molecule has 2 heteroatoms. The molecule has 0 spiro atoms. The fraction of sp³-hybridized carbons (Fsp3) is 0.500. The van der Waals surface area contributed by atoms with Gasteiger partial charge in [-0.25, -0.2) is 0 Å². The van der Waals surface area contributed by atoms with Gasteiger partial charge in [0.1, 0.15) is 0 Å². The van der Waals surface area contributed by atoms with Gasteiger partial charge in [-0.05, 0) is 22.5 Å². The topological polar surface area (TPSA) is 3.24 Å². The van der Waals surface area contributed by atoms with E-state index in [1.807, 2.05) is 30.9 Å². The number of nitrogens with zero attached hydrogens (tertiary/aromatic N) is 1. The third-order valence-electron chi connectivity index (χ3n) is 0.384. The summed E-state index contributed by atoms with van der Waals surface area (Å²) in [6.07, 6.45) is 3.94.